The van der Waals surface area contributed by atoms with E-state index in [2.05, 4.69) is 10.2 Å². The van der Waals surface area contributed by atoms with E-state index in [0.29, 0.717) is 11.6 Å². The summed E-state index contributed by atoms with van der Waals surface area (Å²) in [6.45, 7) is 2.03. The minimum atomic E-state index is -0.413. The Morgan fingerprint density at radius 2 is 1.33 bits per heavy atom. The van der Waals surface area contributed by atoms with Gasteiger partial charge in [-0.05, 0) is 31.2 Å². The smallest absolute Gasteiger partial charge is 0.269 e. The van der Waals surface area contributed by atoms with Crippen LogP contribution in [0, 0.1) is 17.0 Å². The summed E-state index contributed by atoms with van der Waals surface area (Å²) >= 11 is 0. The first-order chi connectivity index (χ1) is 13.1. The van der Waals surface area contributed by atoms with Gasteiger partial charge in [-0.2, -0.15) is 0 Å². The van der Waals surface area contributed by atoms with E-state index in [1.807, 2.05) is 66.1 Å². The molecule has 0 aliphatic heterocycles. The summed E-state index contributed by atoms with van der Waals surface area (Å²) in [7, 11) is 0. The van der Waals surface area contributed by atoms with Gasteiger partial charge in [0.05, 0.1) is 4.92 Å². The monoisotopic (exact) mass is 356 g/mol. The topological polar surface area (TPSA) is 73.8 Å². The lowest BCUT2D eigenvalue weighted by Gasteiger charge is -2.11. The van der Waals surface area contributed by atoms with Gasteiger partial charge in [0.1, 0.15) is 0 Å². The molecule has 0 bridgehead atoms. The molecule has 132 valence electrons. The van der Waals surface area contributed by atoms with Crippen LogP contribution in [0.3, 0.4) is 0 Å². The Morgan fingerprint density at radius 3 is 1.89 bits per heavy atom. The first kappa shape index (κ1) is 16.7. The highest BCUT2D eigenvalue weighted by Crippen LogP contribution is 2.29. The maximum absolute atomic E-state index is 10.9. The van der Waals surface area contributed by atoms with Crippen LogP contribution in [0.5, 0.6) is 0 Å². The fourth-order valence-electron chi connectivity index (χ4n) is 2.92. The predicted molar refractivity (Wildman–Crippen MR) is 104 cm³/mol. The van der Waals surface area contributed by atoms with E-state index in [4.69, 9.17) is 0 Å². The minimum absolute atomic E-state index is 0.0448. The van der Waals surface area contributed by atoms with Gasteiger partial charge in [-0.1, -0.05) is 48.0 Å². The van der Waals surface area contributed by atoms with E-state index in [-0.39, 0.29) is 5.69 Å². The number of hydrogen-bond donors (Lipinski definition) is 0. The van der Waals surface area contributed by atoms with Gasteiger partial charge in [0.15, 0.2) is 11.6 Å². The summed E-state index contributed by atoms with van der Waals surface area (Å²) in [4.78, 5) is 10.5. The van der Waals surface area contributed by atoms with Crippen LogP contribution in [-0.4, -0.2) is 19.7 Å². The molecular formula is C21H16N4O2. The number of nitrogens with zero attached hydrogens (tertiary/aromatic N) is 4. The van der Waals surface area contributed by atoms with Crippen molar-refractivity contribution in [1.29, 1.82) is 0 Å². The molecule has 1 heterocycles. The number of non-ortho nitro benzene ring substituents is 1. The summed E-state index contributed by atoms with van der Waals surface area (Å²) in [5.74, 6) is 1.35. The summed E-state index contributed by atoms with van der Waals surface area (Å²) in [5.41, 5.74) is 3.83. The van der Waals surface area contributed by atoms with Crippen LogP contribution < -0.4 is 0 Å². The maximum atomic E-state index is 10.9. The second kappa shape index (κ2) is 6.84. The van der Waals surface area contributed by atoms with Crippen LogP contribution in [0.4, 0.5) is 5.69 Å². The van der Waals surface area contributed by atoms with E-state index < -0.39 is 4.92 Å². The molecule has 0 unspecified atom stereocenters. The molecule has 27 heavy (non-hydrogen) atoms. The van der Waals surface area contributed by atoms with Crippen molar-refractivity contribution in [3.8, 4) is 28.5 Å². The Morgan fingerprint density at radius 1 is 0.778 bits per heavy atom. The SMILES string of the molecule is Cc1ccc(-n2c(-c3ccccc3)nnc2-c2ccc([N+](=O)[O-])cc2)cc1. The van der Waals surface area contributed by atoms with Gasteiger partial charge in [-0.15, -0.1) is 10.2 Å². The molecule has 6 heteroatoms. The molecule has 0 amide bonds. The molecule has 3 aromatic carbocycles. The molecule has 1 aromatic heterocycles. The normalized spacial score (nSPS) is 10.7. The second-order valence-corrected chi connectivity index (χ2v) is 6.19. The number of aryl methyl sites for hydroxylation is 1. The molecule has 0 atom stereocenters. The molecule has 0 spiro atoms. The Labute approximate surface area is 155 Å². The number of nitro groups is 1. The molecule has 0 aliphatic rings. The van der Waals surface area contributed by atoms with E-state index in [0.717, 1.165) is 22.4 Å². The molecule has 6 nitrogen and oxygen atoms in total. The van der Waals surface area contributed by atoms with Gasteiger partial charge in [-0.3, -0.25) is 14.7 Å². The van der Waals surface area contributed by atoms with Crippen molar-refractivity contribution in [1.82, 2.24) is 14.8 Å². The van der Waals surface area contributed by atoms with Crippen LogP contribution in [0.15, 0.2) is 78.9 Å². The van der Waals surface area contributed by atoms with Crippen molar-refractivity contribution in [2.24, 2.45) is 0 Å². The second-order valence-electron chi connectivity index (χ2n) is 6.19. The van der Waals surface area contributed by atoms with Gasteiger partial charge < -0.3 is 0 Å². The lowest BCUT2D eigenvalue weighted by Crippen LogP contribution is -2.00. The first-order valence-electron chi connectivity index (χ1n) is 8.46. The highest BCUT2D eigenvalue weighted by Gasteiger charge is 2.17. The molecule has 4 rings (SSSR count). The number of hydrogen-bond acceptors (Lipinski definition) is 4. The van der Waals surface area contributed by atoms with Gasteiger partial charge in [0.2, 0.25) is 0 Å². The molecular weight excluding hydrogens is 340 g/mol. The molecule has 0 N–H and O–H groups in total. The zero-order valence-electron chi connectivity index (χ0n) is 14.6. The summed E-state index contributed by atoms with van der Waals surface area (Å²) < 4.78 is 1.97. The largest absolute Gasteiger partial charge is 0.275 e. The summed E-state index contributed by atoms with van der Waals surface area (Å²) in [5, 5.41) is 19.7. The molecule has 0 saturated heterocycles. The average Bonchev–Trinajstić information content (AvgIpc) is 3.14. The number of aromatic nitrogens is 3. The molecule has 0 fully saturated rings. The lowest BCUT2D eigenvalue weighted by atomic mass is 10.1. The third-order valence-corrected chi connectivity index (χ3v) is 4.32. The predicted octanol–water partition coefficient (Wildman–Crippen LogP) is 4.82. The molecule has 0 saturated carbocycles. The van der Waals surface area contributed by atoms with Crippen LogP contribution in [0.1, 0.15) is 5.56 Å². The van der Waals surface area contributed by atoms with E-state index in [1.54, 1.807) is 12.1 Å². The van der Waals surface area contributed by atoms with Crippen molar-refractivity contribution < 1.29 is 4.92 Å². The highest BCUT2D eigenvalue weighted by molar-refractivity contribution is 5.67. The Bertz CT molecular complexity index is 1090. The third-order valence-electron chi connectivity index (χ3n) is 4.32. The summed E-state index contributed by atoms with van der Waals surface area (Å²) in [6.07, 6.45) is 0. The quantitative estimate of drug-likeness (QED) is 0.388. The first-order valence-corrected chi connectivity index (χ1v) is 8.46. The van der Waals surface area contributed by atoms with E-state index >= 15 is 0 Å². The van der Waals surface area contributed by atoms with Gasteiger partial charge in [-0.25, -0.2) is 0 Å². The third kappa shape index (κ3) is 3.20. The fraction of sp³-hybridized carbons (Fsp3) is 0.0476. The Balaban J connectivity index is 1.90. The zero-order chi connectivity index (χ0) is 18.8. The zero-order valence-corrected chi connectivity index (χ0v) is 14.6. The number of nitro benzene ring substituents is 1. The minimum Gasteiger partial charge on any atom is -0.275 e. The Kier molecular flexibility index (Phi) is 4.22. The van der Waals surface area contributed by atoms with E-state index in [1.165, 1.54) is 12.1 Å². The van der Waals surface area contributed by atoms with E-state index in [9.17, 15) is 10.1 Å². The van der Waals surface area contributed by atoms with Crippen molar-refractivity contribution in [2.75, 3.05) is 0 Å². The van der Waals surface area contributed by atoms with Crippen molar-refractivity contribution in [3.05, 3.63) is 94.5 Å². The van der Waals surface area contributed by atoms with Crippen molar-refractivity contribution in [2.45, 2.75) is 6.92 Å². The van der Waals surface area contributed by atoms with Crippen LogP contribution >= 0.6 is 0 Å². The lowest BCUT2D eigenvalue weighted by molar-refractivity contribution is -0.384. The van der Waals surface area contributed by atoms with Crippen LogP contribution in [0.25, 0.3) is 28.5 Å². The summed E-state index contributed by atoms with van der Waals surface area (Å²) in [6, 6.07) is 24.3. The standard InChI is InChI=1S/C21H16N4O2/c1-15-7-11-18(12-8-15)24-20(16-5-3-2-4-6-16)22-23-21(24)17-9-13-19(14-10-17)25(26)27/h2-14H,1H3. The number of benzene rings is 3. The van der Waals surface area contributed by atoms with Crippen LogP contribution in [0.2, 0.25) is 0 Å². The van der Waals surface area contributed by atoms with Crippen LogP contribution in [-0.2, 0) is 0 Å². The van der Waals surface area contributed by atoms with Gasteiger partial charge in [0.25, 0.3) is 5.69 Å². The highest BCUT2D eigenvalue weighted by atomic mass is 16.6. The molecule has 4 aromatic rings. The van der Waals surface area contributed by atoms with Gasteiger partial charge >= 0.3 is 0 Å². The Hall–Kier alpha value is -3.80. The van der Waals surface area contributed by atoms with Gasteiger partial charge in [0, 0.05) is 28.9 Å². The van der Waals surface area contributed by atoms with Crippen molar-refractivity contribution in [3.63, 3.8) is 0 Å². The van der Waals surface area contributed by atoms with Crippen molar-refractivity contribution >= 4 is 5.69 Å². The molecule has 0 aliphatic carbocycles. The maximum Gasteiger partial charge on any atom is 0.269 e. The fourth-order valence-corrected chi connectivity index (χ4v) is 2.92. The molecule has 0 radical (unpaired) electrons. The number of rotatable bonds is 4. The average molecular weight is 356 g/mol.